The van der Waals surface area contributed by atoms with Gasteiger partial charge in [0.15, 0.2) is 0 Å². The van der Waals surface area contributed by atoms with E-state index in [1.807, 2.05) is 0 Å². The first kappa shape index (κ1) is 18.4. The molecule has 2 aromatic rings. The minimum absolute atomic E-state index is 0.189. The predicted molar refractivity (Wildman–Crippen MR) is 100 cm³/mol. The molecule has 1 fully saturated rings. The van der Waals surface area contributed by atoms with Crippen molar-refractivity contribution in [3.8, 4) is 5.75 Å². The molecule has 0 N–H and O–H groups in total. The van der Waals surface area contributed by atoms with Crippen molar-refractivity contribution in [2.45, 2.75) is 36.7 Å². The minimum atomic E-state index is -3.65. The van der Waals surface area contributed by atoms with Crippen LogP contribution in [0.4, 0.5) is 0 Å². The lowest BCUT2D eigenvalue weighted by atomic mass is 9.97. The van der Waals surface area contributed by atoms with Gasteiger partial charge >= 0.3 is 0 Å². The van der Waals surface area contributed by atoms with Gasteiger partial charge in [-0.1, -0.05) is 12.1 Å². The molecule has 2 aliphatic rings. The third-order valence-electron chi connectivity index (χ3n) is 5.42. The van der Waals surface area contributed by atoms with Crippen molar-refractivity contribution in [2.24, 2.45) is 0 Å². The number of ether oxygens (including phenoxy) is 1. The van der Waals surface area contributed by atoms with E-state index < -0.39 is 10.0 Å². The van der Waals surface area contributed by atoms with Crippen molar-refractivity contribution < 1.29 is 13.2 Å². The molecule has 2 aliphatic heterocycles. The molecule has 27 heavy (non-hydrogen) atoms. The lowest BCUT2D eigenvalue weighted by molar-refractivity contribution is 0.239. The number of likely N-dealkylation sites (tertiary alicyclic amines) is 1. The zero-order valence-corrected chi connectivity index (χ0v) is 16.5. The molecule has 0 aliphatic carbocycles. The fourth-order valence-corrected chi connectivity index (χ4v) is 5.56. The lowest BCUT2D eigenvalue weighted by Crippen LogP contribution is -2.39. The summed E-state index contributed by atoms with van der Waals surface area (Å²) in [7, 11) is -0.0459. The van der Waals surface area contributed by atoms with Crippen LogP contribution in [0, 0.1) is 0 Å². The zero-order chi connectivity index (χ0) is 19.0. The first-order valence-electron chi connectivity index (χ1n) is 9.24. The van der Waals surface area contributed by atoms with Gasteiger partial charge in [-0.05, 0) is 38.6 Å². The first-order valence-corrected chi connectivity index (χ1v) is 10.7. The standard InChI is InChI=1S/C18H25N5O3S/c1-21-9-5-6-14(12-21)18-20-19-17-13-22(10-11-23(17)18)27(24,25)16-8-4-3-7-15(16)26-2/h3-4,7-8,14H,5-6,9-13H2,1-2H3. The normalized spacial score (nSPS) is 21.8. The number of rotatable bonds is 4. The van der Waals surface area contributed by atoms with Gasteiger partial charge in [-0.3, -0.25) is 0 Å². The molecule has 146 valence electrons. The van der Waals surface area contributed by atoms with Crippen LogP contribution in [0.1, 0.15) is 30.4 Å². The highest BCUT2D eigenvalue weighted by atomic mass is 32.2. The number of benzene rings is 1. The summed E-state index contributed by atoms with van der Waals surface area (Å²) in [6.07, 6.45) is 2.25. The van der Waals surface area contributed by atoms with Crippen molar-refractivity contribution in [2.75, 3.05) is 33.8 Å². The summed E-state index contributed by atoms with van der Waals surface area (Å²) >= 11 is 0. The Morgan fingerprint density at radius 3 is 2.74 bits per heavy atom. The molecule has 1 atom stereocenters. The highest BCUT2D eigenvalue weighted by Crippen LogP contribution is 2.30. The molecule has 9 heteroatoms. The quantitative estimate of drug-likeness (QED) is 0.782. The smallest absolute Gasteiger partial charge is 0.247 e. The fraction of sp³-hybridized carbons (Fsp3) is 0.556. The average molecular weight is 391 g/mol. The van der Waals surface area contributed by atoms with Crippen LogP contribution in [-0.4, -0.2) is 66.2 Å². The van der Waals surface area contributed by atoms with Crippen LogP contribution in [0.3, 0.4) is 0 Å². The predicted octanol–water partition coefficient (Wildman–Crippen LogP) is 1.30. The first-order chi connectivity index (χ1) is 13.0. The monoisotopic (exact) mass is 391 g/mol. The Bertz CT molecular complexity index is 927. The van der Waals surface area contributed by atoms with Crippen molar-refractivity contribution >= 4 is 10.0 Å². The van der Waals surface area contributed by atoms with E-state index in [1.165, 1.54) is 11.4 Å². The number of likely N-dealkylation sites (N-methyl/N-ethyl adjacent to an activating group) is 1. The maximum Gasteiger partial charge on any atom is 0.247 e. The molecular formula is C18H25N5O3S. The van der Waals surface area contributed by atoms with E-state index in [9.17, 15) is 8.42 Å². The molecule has 1 unspecified atom stereocenters. The van der Waals surface area contributed by atoms with Crippen molar-refractivity contribution in [1.82, 2.24) is 24.0 Å². The number of piperidine rings is 1. The van der Waals surface area contributed by atoms with E-state index in [1.54, 1.807) is 24.3 Å². The van der Waals surface area contributed by atoms with Gasteiger partial charge in [0, 0.05) is 25.6 Å². The fourth-order valence-electron chi connectivity index (χ4n) is 4.01. The summed E-state index contributed by atoms with van der Waals surface area (Å²) in [5.41, 5.74) is 0. The van der Waals surface area contributed by atoms with Crippen LogP contribution >= 0.6 is 0 Å². The number of fused-ring (bicyclic) bond motifs is 1. The van der Waals surface area contributed by atoms with E-state index in [0.717, 1.165) is 31.8 Å². The number of aromatic nitrogens is 3. The van der Waals surface area contributed by atoms with Crippen LogP contribution in [0.15, 0.2) is 29.2 Å². The van der Waals surface area contributed by atoms with Gasteiger partial charge in [-0.25, -0.2) is 8.42 Å². The Balaban J connectivity index is 1.59. The SMILES string of the molecule is COc1ccccc1S(=O)(=O)N1CCn2c(nnc2C2CCCN(C)C2)C1. The van der Waals surface area contributed by atoms with Gasteiger partial charge in [0.05, 0.1) is 13.7 Å². The molecule has 0 bridgehead atoms. The summed E-state index contributed by atoms with van der Waals surface area (Å²) in [6, 6.07) is 6.71. The van der Waals surface area contributed by atoms with Gasteiger partial charge in [0.25, 0.3) is 0 Å². The molecule has 8 nitrogen and oxygen atoms in total. The topological polar surface area (TPSA) is 80.6 Å². The third kappa shape index (κ3) is 3.35. The van der Waals surface area contributed by atoms with E-state index in [4.69, 9.17) is 4.74 Å². The minimum Gasteiger partial charge on any atom is -0.495 e. The van der Waals surface area contributed by atoms with Crippen molar-refractivity contribution in [1.29, 1.82) is 0 Å². The Kier molecular flexibility index (Phi) is 4.92. The van der Waals surface area contributed by atoms with Crippen LogP contribution in [-0.2, 0) is 23.1 Å². The molecule has 0 amide bonds. The largest absolute Gasteiger partial charge is 0.495 e. The summed E-state index contributed by atoms with van der Waals surface area (Å²) in [5, 5.41) is 8.73. The Morgan fingerprint density at radius 1 is 1.15 bits per heavy atom. The molecule has 0 spiro atoms. The summed E-state index contributed by atoms with van der Waals surface area (Å²) in [4.78, 5) is 2.51. The van der Waals surface area contributed by atoms with Crippen LogP contribution in [0.25, 0.3) is 0 Å². The van der Waals surface area contributed by atoms with Crippen LogP contribution in [0.2, 0.25) is 0 Å². The second kappa shape index (κ2) is 7.21. The van der Waals surface area contributed by atoms with E-state index in [2.05, 4.69) is 26.7 Å². The summed E-state index contributed by atoms with van der Waals surface area (Å²) in [6.45, 7) is 3.30. The van der Waals surface area contributed by atoms with Crippen LogP contribution < -0.4 is 4.74 Å². The third-order valence-corrected chi connectivity index (χ3v) is 7.31. The van der Waals surface area contributed by atoms with Gasteiger partial charge in [0.2, 0.25) is 10.0 Å². The van der Waals surface area contributed by atoms with E-state index in [-0.39, 0.29) is 11.4 Å². The zero-order valence-electron chi connectivity index (χ0n) is 15.7. The summed E-state index contributed by atoms with van der Waals surface area (Å²) in [5.74, 6) is 2.42. The molecular weight excluding hydrogens is 366 g/mol. The number of hydrogen-bond donors (Lipinski definition) is 0. The Labute approximate surface area is 159 Å². The van der Waals surface area contributed by atoms with Crippen molar-refractivity contribution in [3.63, 3.8) is 0 Å². The molecule has 1 aromatic carbocycles. The van der Waals surface area contributed by atoms with Gasteiger partial charge < -0.3 is 14.2 Å². The molecule has 1 aromatic heterocycles. The molecule has 1 saturated heterocycles. The Morgan fingerprint density at radius 2 is 1.96 bits per heavy atom. The molecule has 4 rings (SSSR count). The lowest BCUT2D eigenvalue weighted by Gasteiger charge is -2.31. The Hall–Kier alpha value is -1.97. The van der Waals surface area contributed by atoms with Crippen molar-refractivity contribution in [3.05, 3.63) is 35.9 Å². The highest BCUT2D eigenvalue weighted by Gasteiger charge is 2.34. The second-order valence-corrected chi connectivity index (χ2v) is 9.12. The van der Waals surface area contributed by atoms with Gasteiger partial charge in [0.1, 0.15) is 22.3 Å². The average Bonchev–Trinajstić information content (AvgIpc) is 3.11. The maximum absolute atomic E-state index is 13.1. The van der Waals surface area contributed by atoms with Gasteiger partial charge in [-0.2, -0.15) is 4.31 Å². The van der Waals surface area contributed by atoms with Crippen LogP contribution in [0.5, 0.6) is 5.75 Å². The van der Waals surface area contributed by atoms with Gasteiger partial charge in [-0.15, -0.1) is 10.2 Å². The number of sulfonamides is 1. The number of para-hydroxylation sites is 1. The maximum atomic E-state index is 13.1. The molecule has 0 radical (unpaired) electrons. The second-order valence-electron chi connectivity index (χ2n) is 7.22. The highest BCUT2D eigenvalue weighted by molar-refractivity contribution is 7.89. The summed E-state index contributed by atoms with van der Waals surface area (Å²) < 4.78 is 35.0. The number of methoxy groups -OCH3 is 1. The number of hydrogen-bond acceptors (Lipinski definition) is 6. The molecule has 3 heterocycles. The number of nitrogens with zero attached hydrogens (tertiary/aromatic N) is 5. The van der Waals surface area contributed by atoms with E-state index in [0.29, 0.717) is 30.6 Å². The van der Waals surface area contributed by atoms with E-state index >= 15 is 0 Å². The molecule has 0 saturated carbocycles.